The third-order valence-electron chi connectivity index (χ3n) is 1.85. The Morgan fingerprint density at radius 2 is 2.43 bits per heavy atom. The summed E-state index contributed by atoms with van der Waals surface area (Å²) in [5.74, 6) is 1.42. The van der Waals surface area contributed by atoms with Crippen LogP contribution in [0.2, 0.25) is 0 Å². The number of anilines is 1. The van der Waals surface area contributed by atoms with Gasteiger partial charge in [0.1, 0.15) is 12.1 Å². The first-order valence-electron chi connectivity index (χ1n) is 4.21. The second-order valence-corrected chi connectivity index (χ2v) is 2.79. The summed E-state index contributed by atoms with van der Waals surface area (Å²) in [5, 5.41) is 7.05. The fourth-order valence-electron chi connectivity index (χ4n) is 1.26. The van der Waals surface area contributed by atoms with Crippen LogP contribution in [0.15, 0.2) is 12.4 Å². The van der Waals surface area contributed by atoms with Crippen LogP contribution in [0.3, 0.4) is 0 Å². The number of methoxy groups -OCH3 is 1. The molecule has 2 aromatic heterocycles. The van der Waals surface area contributed by atoms with Crippen LogP contribution in [0.25, 0.3) is 5.78 Å². The first-order valence-corrected chi connectivity index (χ1v) is 4.21. The number of aromatic nitrogens is 4. The summed E-state index contributed by atoms with van der Waals surface area (Å²) in [5.41, 5.74) is 0.831. The van der Waals surface area contributed by atoms with Crippen LogP contribution in [0.4, 0.5) is 5.82 Å². The molecule has 0 aliphatic rings. The van der Waals surface area contributed by atoms with Crippen molar-refractivity contribution in [1.29, 1.82) is 0 Å². The fourth-order valence-corrected chi connectivity index (χ4v) is 1.26. The van der Waals surface area contributed by atoms with Gasteiger partial charge < -0.3 is 10.1 Å². The molecule has 0 saturated carbocycles. The van der Waals surface area contributed by atoms with Gasteiger partial charge in [-0.25, -0.2) is 4.98 Å². The zero-order valence-corrected chi connectivity index (χ0v) is 8.06. The SMILES string of the molecule is CNc1cc(COC)nc2ncnn12. The molecule has 2 rings (SSSR count). The lowest BCUT2D eigenvalue weighted by molar-refractivity contribution is 0.181. The van der Waals surface area contributed by atoms with Gasteiger partial charge in [0, 0.05) is 20.2 Å². The van der Waals surface area contributed by atoms with E-state index in [1.165, 1.54) is 6.33 Å². The topological polar surface area (TPSA) is 64.3 Å². The van der Waals surface area contributed by atoms with Crippen LogP contribution >= 0.6 is 0 Å². The lowest BCUT2D eigenvalue weighted by Crippen LogP contribution is -2.04. The molecule has 0 aliphatic heterocycles. The Hall–Kier alpha value is -1.69. The summed E-state index contributed by atoms with van der Waals surface area (Å²) in [6.45, 7) is 0.470. The second kappa shape index (κ2) is 3.59. The number of rotatable bonds is 3. The molecule has 2 aromatic rings. The van der Waals surface area contributed by atoms with Gasteiger partial charge in [-0.15, -0.1) is 0 Å². The van der Waals surface area contributed by atoms with E-state index in [2.05, 4.69) is 20.4 Å². The molecule has 0 fully saturated rings. The molecule has 6 heteroatoms. The highest BCUT2D eigenvalue weighted by Crippen LogP contribution is 2.10. The van der Waals surface area contributed by atoms with Crippen molar-refractivity contribution in [2.24, 2.45) is 0 Å². The van der Waals surface area contributed by atoms with Crippen LogP contribution in [0.5, 0.6) is 0 Å². The number of ether oxygens (including phenoxy) is 1. The normalized spacial score (nSPS) is 10.7. The number of hydrogen-bond donors (Lipinski definition) is 1. The van der Waals surface area contributed by atoms with E-state index in [4.69, 9.17) is 4.74 Å². The highest BCUT2D eigenvalue weighted by molar-refractivity contribution is 5.44. The van der Waals surface area contributed by atoms with Crippen LogP contribution in [-0.2, 0) is 11.3 Å². The van der Waals surface area contributed by atoms with Gasteiger partial charge in [0.2, 0.25) is 0 Å². The van der Waals surface area contributed by atoms with Crippen molar-refractivity contribution in [3.05, 3.63) is 18.1 Å². The van der Waals surface area contributed by atoms with E-state index in [9.17, 15) is 0 Å². The number of hydrogen-bond acceptors (Lipinski definition) is 5. The van der Waals surface area contributed by atoms with Gasteiger partial charge in [-0.2, -0.15) is 14.6 Å². The van der Waals surface area contributed by atoms with Crippen LogP contribution < -0.4 is 5.32 Å². The van der Waals surface area contributed by atoms with Gasteiger partial charge in [-0.3, -0.25) is 0 Å². The number of nitrogens with one attached hydrogen (secondary N) is 1. The maximum absolute atomic E-state index is 5.01. The summed E-state index contributed by atoms with van der Waals surface area (Å²) < 4.78 is 6.64. The van der Waals surface area contributed by atoms with E-state index in [0.29, 0.717) is 12.4 Å². The molecule has 0 amide bonds. The zero-order valence-electron chi connectivity index (χ0n) is 8.06. The first kappa shape index (κ1) is 8.89. The van der Waals surface area contributed by atoms with Crippen molar-refractivity contribution in [3.8, 4) is 0 Å². The molecule has 74 valence electrons. The molecule has 2 heterocycles. The van der Waals surface area contributed by atoms with Gasteiger partial charge in [-0.1, -0.05) is 0 Å². The van der Waals surface area contributed by atoms with Gasteiger partial charge in [0.15, 0.2) is 0 Å². The highest BCUT2D eigenvalue weighted by Gasteiger charge is 2.05. The van der Waals surface area contributed by atoms with E-state index in [0.717, 1.165) is 11.5 Å². The van der Waals surface area contributed by atoms with Gasteiger partial charge in [-0.05, 0) is 0 Å². The first-order chi connectivity index (χ1) is 6.85. The predicted octanol–water partition coefficient (Wildman–Crippen LogP) is 0.312. The monoisotopic (exact) mass is 193 g/mol. The lowest BCUT2D eigenvalue weighted by atomic mass is 10.4. The quantitative estimate of drug-likeness (QED) is 0.760. The summed E-state index contributed by atoms with van der Waals surface area (Å²) >= 11 is 0. The van der Waals surface area contributed by atoms with Crippen molar-refractivity contribution in [2.75, 3.05) is 19.5 Å². The molecule has 0 aromatic carbocycles. The molecule has 6 nitrogen and oxygen atoms in total. The van der Waals surface area contributed by atoms with E-state index < -0.39 is 0 Å². The lowest BCUT2D eigenvalue weighted by Gasteiger charge is -2.05. The minimum absolute atomic E-state index is 0.470. The van der Waals surface area contributed by atoms with E-state index in [1.807, 2.05) is 13.1 Å². The summed E-state index contributed by atoms with van der Waals surface area (Å²) in [6.07, 6.45) is 1.47. The molecule has 0 aliphatic carbocycles. The van der Waals surface area contributed by atoms with Crippen molar-refractivity contribution in [2.45, 2.75) is 6.61 Å². The molecular formula is C8H11N5O. The van der Waals surface area contributed by atoms with Crippen molar-refractivity contribution >= 4 is 11.6 Å². The molecule has 0 spiro atoms. The van der Waals surface area contributed by atoms with Crippen LogP contribution in [-0.4, -0.2) is 33.7 Å². The van der Waals surface area contributed by atoms with E-state index in [1.54, 1.807) is 11.6 Å². The van der Waals surface area contributed by atoms with Crippen LogP contribution in [0.1, 0.15) is 5.69 Å². The Balaban J connectivity index is 2.55. The van der Waals surface area contributed by atoms with Crippen LogP contribution in [0, 0.1) is 0 Å². The standard InChI is InChI=1S/C8H11N5O/c1-9-7-3-6(4-14-2)12-8-10-5-11-13(7)8/h3,5,9H,4H2,1-2H3. The fraction of sp³-hybridized carbons (Fsp3) is 0.375. The summed E-state index contributed by atoms with van der Waals surface area (Å²) in [7, 11) is 3.46. The Morgan fingerprint density at radius 1 is 1.57 bits per heavy atom. The minimum atomic E-state index is 0.470. The Bertz CT molecular complexity index is 438. The maximum atomic E-state index is 5.01. The molecule has 1 N–H and O–H groups in total. The van der Waals surface area contributed by atoms with Gasteiger partial charge in [0.05, 0.1) is 12.3 Å². The highest BCUT2D eigenvalue weighted by atomic mass is 16.5. The average Bonchev–Trinajstić information content (AvgIpc) is 2.65. The van der Waals surface area contributed by atoms with E-state index >= 15 is 0 Å². The smallest absolute Gasteiger partial charge is 0.254 e. The Kier molecular flexibility index (Phi) is 2.28. The molecule has 0 saturated heterocycles. The van der Waals surface area contributed by atoms with Gasteiger partial charge in [0.25, 0.3) is 5.78 Å². The summed E-state index contributed by atoms with van der Waals surface area (Å²) in [6, 6.07) is 1.88. The Morgan fingerprint density at radius 3 is 3.14 bits per heavy atom. The van der Waals surface area contributed by atoms with Crippen molar-refractivity contribution in [1.82, 2.24) is 19.6 Å². The van der Waals surface area contributed by atoms with E-state index in [-0.39, 0.29) is 0 Å². The predicted molar refractivity (Wildman–Crippen MR) is 51.0 cm³/mol. The molecule has 0 radical (unpaired) electrons. The second-order valence-electron chi connectivity index (χ2n) is 2.79. The molecule has 0 unspecified atom stereocenters. The van der Waals surface area contributed by atoms with Crippen molar-refractivity contribution < 1.29 is 4.74 Å². The third-order valence-corrected chi connectivity index (χ3v) is 1.85. The zero-order chi connectivity index (χ0) is 9.97. The molecular weight excluding hydrogens is 182 g/mol. The average molecular weight is 193 g/mol. The number of fused-ring (bicyclic) bond motifs is 1. The van der Waals surface area contributed by atoms with Crippen molar-refractivity contribution in [3.63, 3.8) is 0 Å². The Labute approximate surface area is 80.9 Å². The minimum Gasteiger partial charge on any atom is -0.378 e. The maximum Gasteiger partial charge on any atom is 0.254 e. The molecule has 0 atom stereocenters. The van der Waals surface area contributed by atoms with Gasteiger partial charge >= 0.3 is 0 Å². The largest absolute Gasteiger partial charge is 0.378 e. The molecule has 14 heavy (non-hydrogen) atoms. The molecule has 0 bridgehead atoms. The number of nitrogens with zero attached hydrogens (tertiary/aromatic N) is 4. The third kappa shape index (κ3) is 1.39. The summed E-state index contributed by atoms with van der Waals surface area (Å²) in [4.78, 5) is 8.27.